The molecule has 0 radical (unpaired) electrons. The van der Waals surface area contributed by atoms with Crippen LogP contribution in [0.25, 0.3) is 0 Å². The van der Waals surface area contributed by atoms with Gasteiger partial charge in [0.1, 0.15) is 0 Å². The average molecular weight is 265 g/mol. The molecule has 1 nitrogen and oxygen atoms in total. The van der Waals surface area contributed by atoms with Crippen LogP contribution in [0.3, 0.4) is 0 Å². The van der Waals surface area contributed by atoms with Gasteiger partial charge in [-0.3, -0.25) is 0 Å². The van der Waals surface area contributed by atoms with E-state index >= 15 is 0 Å². The molecule has 0 aromatic heterocycles. The van der Waals surface area contributed by atoms with Crippen LogP contribution in [-0.2, 0) is 0 Å². The molecule has 2 unspecified atom stereocenters. The molecule has 0 aliphatic heterocycles. The van der Waals surface area contributed by atoms with Crippen LogP contribution in [0.5, 0.6) is 0 Å². The van der Waals surface area contributed by atoms with E-state index in [4.69, 9.17) is 0 Å². The molecule has 2 saturated carbocycles. The monoisotopic (exact) mass is 265 g/mol. The van der Waals surface area contributed by atoms with Crippen LogP contribution in [-0.4, -0.2) is 13.1 Å². The van der Waals surface area contributed by atoms with Crippen molar-refractivity contribution in [2.45, 2.75) is 84.0 Å². The molecule has 0 heterocycles. The first-order valence-corrected chi connectivity index (χ1v) is 9.12. The Morgan fingerprint density at radius 1 is 0.789 bits per heavy atom. The third kappa shape index (κ3) is 5.10. The lowest BCUT2D eigenvalue weighted by molar-refractivity contribution is 0.188. The quantitative estimate of drug-likeness (QED) is 0.535. The third-order valence-corrected chi connectivity index (χ3v) is 5.56. The van der Waals surface area contributed by atoms with Gasteiger partial charge in [0.15, 0.2) is 0 Å². The molecule has 0 aromatic rings. The Labute approximate surface area is 120 Å². The minimum absolute atomic E-state index is 0.983. The number of hydrogen-bond acceptors (Lipinski definition) is 1. The highest BCUT2D eigenvalue weighted by molar-refractivity contribution is 4.82. The summed E-state index contributed by atoms with van der Waals surface area (Å²) in [7, 11) is 0. The SMILES string of the molecule is CCCNCC1CCCCCC1C1CCCCCC1. The maximum atomic E-state index is 3.72. The molecule has 112 valence electrons. The molecule has 2 rings (SSSR count). The molecule has 1 N–H and O–H groups in total. The lowest BCUT2D eigenvalue weighted by atomic mass is 9.75. The fourth-order valence-corrected chi connectivity index (χ4v) is 4.49. The minimum atomic E-state index is 0.983. The summed E-state index contributed by atoms with van der Waals surface area (Å²) in [5.41, 5.74) is 0. The Hall–Kier alpha value is -0.0400. The lowest BCUT2D eigenvalue weighted by Gasteiger charge is -2.32. The van der Waals surface area contributed by atoms with E-state index in [2.05, 4.69) is 12.2 Å². The number of hydrogen-bond donors (Lipinski definition) is 1. The lowest BCUT2D eigenvalue weighted by Crippen LogP contribution is -2.32. The van der Waals surface area contributed by atoms with Crippen molar-refractivity contribution in [2.24, 2.45) is 17.8 Å². The van der Waals surface area contributed by atoms with Gasteiger partial charge in [0.05, 0.1) is 0 Å². The second-order valence-corrected chi connectivity index (χ2v) is 7.02. The summed E-state index contributed by atoms with van der Waals surface area (Å²) < 4.78 is 0. The maximum Gasteiger partial charge on any atom is -0.00178 e. The zero-order chi connectivity index (χ0) is 13.3. The normalized spacial score (nSPS) is 30.8. The smallest absolute Gasteiger partial charge is 0.00178 e. The molecule has 19 heavy (non-hydrogen) atoms. The molecule has 0 bridgehead atoms. The Morgan fingerprint density at radius 3 is 2.16 bits per heavy atom. The van der Waals surface area contributed by atoms with Gasteiger partial charge in [-0.2, -0.15) is 0 Å². The van der Waals surface area contributed by atoms with Crippen LogP contribution in [0.4, 0.5) is 0 Å². The molecule has 0 amide bonds. The highest BCUT2D eigenvalue weighted by Gasteiger charge is 2.30. The van der Waals surface area contributed by atoms with E-state index < -0.39 is 0 Å². The van der Waals surface area contributed by atoms with Gasteiger partial charge in [-0.15, -0.1) is 0 Å². The summed E-state index contributed by atoms with van der Waals surface area (Å²) in [6, 6.07) is 0. The summed E-state index contributed by atoms with van der Waals surface area (Å²) in [5.74, 6) is 3.09. The first kappa shape index (κ1) is 15.4. The Balaban J connectivity index is 1.90. The van der Waals surface area contributed by atoms with Crippen molar-refractivity contribution in [3.05, 3.63) is 0 Å². The van der Waals surface area contributed by atoms with Gasteiger partial charge in [-0.25, -0.2) is 0 Å². The topological polar surface area (TPSA) is 12.0 Å². The standard InChI is InChI=1S/C18H35N/c1-2-14-19-15-17-12-8-5-9-13-18(17)16-10-6-3-4-7-11-16/h16-19H,2-15H2,1H3. The maximum absolute atomic E-state index is 3.72. The van der Waals surface area contributed by atoms with Crippen LogP contribution >= 0.6 is 0 Å². The predicted molar refractivity (Wildman–Crippen MR) is 84.4 cm³/mol. The summed E-state index contributed by atoms with van der Waals surface area (Å²) >= 11 is 0. The van der Waals surface area contributed by atoms with Gasteiger partial charge in [-0.1, -0.05) is 64.7 Å². The Morgan fingerprint density at radius 2 is 1.42 bits per heavy atom. The zero-order valence-electron chi connectivity index (χ0n) is 13.1. The molecule has 2 fully saturated rings. The zero-order valence-corrected chi connectivity index (χ0v) is 13.1. The van der Waals surface area contributed by atoms with Crippen molar-refractivity contribution in [3.8, 4) is 0 Å². The van der Waals surface area contributed by atoms with Gasteiger partial charge in [-0.05, 0) is 50.1 Å². The summed E-state index contributed by atoms with van der Waals surface area (Å²) in [6.07, 6.45) is 17.9. The Kier molecular flexibility index (Phi) is 7.27. The van der Waals surface area contributed by atoms with E-state index in [0.29, 0.717) is 0 Å². The molecule has 0 aromatic carbocycles. The van der Waals surface area contributed by atoms with E-state index in [-0.39, 0.29) is 0 Å². The van der Waals surface area contributed by atoms with Crippen LogP contribution in [0.2, 0.25) is 0 Å². The molecule has 0 saturated heterocycles. The second-order valence-electron chi connectivity index (χ2n) is 7.02. The van der Waals surface area contributed by atoms with Gasteiger partial charge >= 0.3 is 0 Å². The van der Waals surface area contributed by atoms with Crippen LogP contribution in [0.15, 0.2) is 0 Å². The van der Waals surface area contributed by atoms with Gasteiger partial charge in [0.2, 0.25) is 0 Å². The van der Waals surface area contributed by atoms with E-state index in [1.165, 1.54) is 90.1 Å². The highest BCUT2D eigenvalue weighted by Crippen LogP contribution is 2.39. The fourth-order valence-electron chi connectivity index (χ4n) is 4.49. The van der Waals surface area contributed by atoms with E-state index in [0.717, 1.165) is 17.8 Å². The largest absolute Gasteiger partial charge is 0.316 e. The predicted octanol–water partition coefficient (Wildman–Crippen LogP) is 5.15. The summed E-state index contributed by atoms with van der Waals surface area (Å²) in [4.78, 5) is 0. The van der Waals surface area contributed by atoms with Crippen molar-refractivity contribution in [3.63, 3.8) is 0 Å². The summed E-state index contributed by atoms with van der Waals surface area (Å²) in [6.45, 7) is 4.80. The van der Waals surface area contributed by atoms with Crippen LogP contribution in [0.1, 0.15) is 84.0 Å². The van der Waals surface area contributed by atoms with Crippen molar-refractivity contribution >= 4 is 0 Å². The molecular formula is C18H35N. The van der Waals surface area contributed by atoms with Crippen molar-refractivity contribution in [2.75, 3.05) is 13.1 Å². The first-order valence-electron chi connectivity index (χ1n) is 9.12. The van der Waals surface area contributed by atoms with Gasteiger partial charge in [0.25, 0.3) is 0 Å². The van der Waals surface area contributed by atoms with E-state index in [9.17, 15) is 0 Å². The number of rotatable bonds is 5. The van der Waals surface area contributed by atoms with E-state index in [1.807, 2.05) is 0 Å². The van der Waals surface area contributed by atoms with Crippen molar-refractivity contribution in [1.29, 1.82) is 0 Å². The average Bonchev–Trinajstić information content (AvgIpc) is 2.81. The van der Waals surface area contributed by atoms with Gasteiger partial charge in [0, 0.05) is 0 Å². The molecule has 1 heteroatoms. The first-order chi connectivity index (χ1) is 9.42. The van der Waals surface area contributed by atoms with Crippen molar-refractivity contribution < 1.29 is 0 Å². The fraction of sp³-hybridized carbons (Fsp3) is 1.00. The van der Waals surface area contributed by atoms with Crippen LogP contribution < -0.4 is 5.32 Å². The van der Waals surface area contributed by atoms with Gasteiger partial charge < -0.3 is 5.32 Å². The molecule has 0 spiro atoms. The number of nitrogens with one attached hydrogen (secondary N) is 1. The molecule has 2 atom stereocenters. The molecular weight excluding hydrogens is 230 g/mol. The third-order valence-electron chi connectivity index (χ3n) is 5.56. The minimum Gasteiger partial charge on any atom is -0.316 e. The highest BCUT2D eigenvalue weighted by atomic mass is 14.9. The second kappa shape index (κ2) is 9.00. The summed E-state index contributed by atoms with van der Waals surface area (Å²) in [5, 5.41) is 3.72. The van der Waals surface area contributed by atoms with Crippen molar-refractivity contribution in [1.82, 2.24) is 5.32 Å². The molecule has 2 aliphatic rings. The molecule has 2 aliphatic carbocycles. The Bertz CT molecular complexity index is 218. The van der Waals surface area contributed by atoms with E-state index in [1.54, 1.807) is 0 Å². The van der Waals surface area contributed by atoms with Crippen LogP contribution in [0, 0.1) is 17.8 Å².